The van der Waals surface area contributed by atoms with E-state index in [1.807, 2.05) is 17.3 Å². The predicted octanol–water partition coefficient (Wildman–Crippen LogP) is 2.30. The van der Waals surface area contributed by atoms with Gasteiger partial charge in [-0.25, -0.2) is 4.98 Å². The third-order valence-electron chi connectivity index (χ3n) is 3.73. The molecule has 2 rings (SSSR count). The van der Waals surface area contributed by atoms with Crippen molar-refractivity contribution in [3.05, 3.63) is 16.1 Å². The van der Waals surface area contributed by atoms with Crippen molar-refractivity contribution >= 4 is 17.2 Å². The van der Waals surface area contributed by atoms with E-state index in [4.69, 9.17) is 5.73 Å². The number of hydrogen-bond acceptors (Lipinski definition) is 4. The first-order valence-electron chi connectivity index (χ1n) is 7.10. The molecule has 0 aromatic carbocycles. The van der Waals surface area contributed by atoms with E-state index in [1.54, 1.807) is 0 Å². The summed E-state index contributed by atoms with van der Waals surface area (Å²) in [6, 6.07) is 0. The Hall–Kier alpha value is -0.940. The van der Waals surface area contributed by atoms with Gasteiger partial charge in [-0.1, -0.05) is 19.3 Å². The molecule has 1 fully saturated rings. The minimum absolute atomic E-state index is 0.0464. The molecule has 0 atom stereocenters. The molecular formula is C14H23N3OS. The Balaban J connectivity index is 1.89. The van der Waals surface area contributed by atoms with Crippen LogP contribution in [0.2, 0.25) is 0 Å². The third-order valence-corrected chi connectivity index (χ3v) is 4.64. The molecule has 106 valence electrons. The summed E-state index contributed by atoms with van der Waals surface area (Å²) in [5.41, 5.74) is 6.08. The van der Waals surface area contributed by atoms with Crippen LogP contribution in [0.1, 0.15) is 47.6 Å². The van der Waals surface area contributed by atoms with E-state index < -0.39 is 0 Å². The number of aromatic nitrogens is 1. The molecule has 0 aliphatic heterocycles. The highest BCUT2D eigenvalue weighted by atomic mass is 32.1. The van der Waals surface area contributed by atoms with Gasteiger partial charge < -0.3 is 10.6 Å². The Bertz CT molecular complexity index is 413. The second-order valence-electron chi connectivity index (χ2n) is 5.35. The van der Waals surface area contributed by atoms with Crippen molar-refractivity contribution in [3.63, 3.8) is 0 Å². The van der Waals surface area contributed by atoms with E-state index >= 15 is 0 Å². The molecule has 1 aromatic heterocycles. The van der Waals surface area contributed by atoms with Crippen LogP contribution < -0.4 is 5.73 Å². The molecule has 1 heterocycles. The van der Waals surface area contributed by atoms with E-state index in [9.17, 15) is 4.79 Å². The molecule has 1 saturated carbocycles. The van der Waals surface area contributed by atoms with Gasteiger partial charge in [0, 0.05) is 25.4 Å². The van der Waals surface area contributed by atoms with Crippen LogP contribution in [-0.4, -0.2) is 35.9 Å². The van der Waals surface area contributed by atoms with E-state index in [-0.39, 0.29) is 5.91 Å². The molecule has 1 aliphatic rings. The maximum atomic E-state index is 12.3. The SMILES string of the molecule is CN(CC1CCCCC1)C(=O)c1csc(CCN)n1. The Morgan fingerprint density at radius 1 is 1.47 bits per heavy atom. The topological polar surface area (TPSA) is 59.2 Å². The van der Waals surface area contributed by atoms with Gasteiger partial charge in [-0.2, -0.15) is 0 Å². The molecule has 1 amide bonds. The zero-order valence-corrected chi connectivity index (χ0v) is 12.4. The Morgan fingerprint density at radius 3 is 2.89 bits per heavy atom. The van der Waals surface area contributed by atoms with Crippen molar-refractivity contribution in [3.8, 4) is 0 Å². The summed E-state index contributed by atoms with van der Waals surface area (Å²) in [6.07, 6.45) is 7.24. The predicted molar refractivity (Wildman–Crippen MR) is 78.4 cm³/mol. The van der Waals surface area contributed by atoms with Crippen LogP contribution in [0.5, 0.6) is 0 Å². The number of nitrogens with zero attached hydrogens (tertiary/aromatic N) is 2. The van der Waals surface area contributed by atoms with E-state index in [0.717, 1.165) is 18.0 Å². The van der Waals surface area contributed by atoms with Crippen molar-refractivity contribution in [1.82, 2.24) is 9.88 Å². The maximum absolute atomic E-state index is 12.3. The molecule has 0 spiro atoms. The molecule has 0 bridgehead atoms. The molecule has 19 heavy (non-hydrogen) atoms. The van der Waals surface area contributed by atoms with Crippen LogP contribution in [0.15, 0.2) is 5.38 Å². The van der Waals surface area contributed by atoms with Crippen LogP contribution in [0.4, 0.5) is 0 Å². The number of hydrogen-bond donors (Lipinski definition) is 1. The number of rotatable bonds is 5. The molecule has 2 N–H and O–H groups in total. The second kappa shape index (κ2) is 7.01. The summed E-state index contributed by atoms with van der Waals surface area (Å²) in [5.74, 6) is 0.718. The number of carbonyl (C=O) groups excluding carboxylic acids is 1. The van der Waals surface area contributed by atoms with Gasteiger partial charge in [-0.15, -0.1) is 11.3 Å². The van der Waals surface area contributed by atoms with Crippen LogP contribution in [0, 0.1) is 5.92 Å². The Morgan fingerprint density at radius 2 is 2.21 bits per heavy atom. The Labute approximate surface area is 119 Å². The average molecular weight is 281 g/mol. The van der Waals surface area contributed by atoms with Gasteiger partial charge >= 0.3 is 0 Å². The van der Waals surface area contributed by atoms with Crippen molar-refractivity contribution in [2.24, 2.45) is 11.7 Å². The van der Waals surface area contributed by atoms with E-state index in [0.29, 0.717) is 18.2 Å². The van der Waals surface area contributed by atoms with Gasteiger partial charge in [0.05, 0.1) is 5.01 Å². The van der Waals surface area contributed by atoms with Gasteiger partial charge in [0.15, 0.2) is 0 Å². The maximum Gasteiger partial charge on any atom is 0.273 e. The summed E-state index contributed by atoms with van der Waals surface area (Å²) in [4.78, 5) is 18.5. The summed E-state index contributed by atoms with van der Waals surface area (Å²) in [5, 5.41) is 2.81. The molecule has 0 unspecified atom stereocenters. The normalized spacial score (nSPS) is 16.5. The van der Waals surface area contributed by atoms with Gasteiger partial charge in [0.2, 0.25) is 0 Å². The number of carbonyl (C=O) groups is 1. The van der Waals surface area contributed by atoms with Gasteiger partial charge in [-0.3, -0.25) is 4.79 Å². The van der Waals surface area contributed by atoms with Crippen LogP contribution >= 0.6 is 11.3 Å². The standard InChI is InChI=1S/C14H23N3OS/c1-17(9-11-5-3-2-4-6-11)14(18)12-10-19-13(16-12)7-8-15/h10-11H,2-9,15H2,1H3. The molecule has 4 nitrogen and oxygen atoms in total. The highest BCUT2D eigenvalue weighted by molar-refractivity contribution is 7.09. The van der Waals surface area contributed by atoms with E-state index in [1.165, 1.54) is 43.4 Å². The van der Waals surface area contributed by atoms with Crippen LogP contribution in [0.25, 0.3) is 0 Å². The largest absolute Gasteiger partial charge is 0.340 e. The quantitative estimate of drug-likeness (QED) is 0.901. The zero-order chi connectivity index (χ0) is 13.7. The molecule has 0 saturated heterocycles. The average Bonchev–Trinajstić information content (AvgIpc) is 2.88. The first-order chi connectivity index (χ1) is 9.20. The minimum Gasteiger partial charge on any atom is -0.340 e. The van der Waals surface area contributed by atoms with Gasteiger partial charge in [0.25, 0.3) is 5.91 Å². The van der Waals surface area contributed by atoms with Crippen LogP contribution in [-0.2, 0) is 6.42 Å². The number of amides is 1. The van der Waals surface area contributed by atoms with Crippen molar-refractivity contribution < 1.29 is 4.79 Å². The van der Waals surface area contributed by atoms with Crippen molar-refractivity contribution in [2.45, 2.75) is 38.5 Å². The van der Waals surface area contributed by atoms with Gasteiger partial charge in [0.1, 0.15) is 5.69 Å². The molecular weight excluding hydrogens is 258 g/mol. The van der Waals surface area contributed by atoms with Crippen LogP contribution in [0.3, 0.4) is 0 Å². The lowest BCUT2D eigenvalue weighted by atomic mass is 9.89. The van der Waals surface area contributed by atoms with Gasteiger partial charge in [-0.05, 0) is 25.3 Å². The molecule has 5 heteroatoms. The zero-order valence-electron chi connectivity index (χ0n) is 11.6. The lowest BCUT2D eigenvalue weighted by Crippen LogP contribution is -2.32. The fourth-order valence-electron chi connectivity index (χ4n) is 2.68. The lowest BCUT2D eigenvalue weighted by molar-refractivity contribution is 0.0755. The number of nitrogens with two attached hydrogens (primary N) is 1. The fraction of sp³-hybridized carbons (Fsp3) is 0.714. The first kappa shape index (κ1) is 14.5. The summed E-state index contributed by atoms with van der Waals surface area (Å²) in [7, 11) is 1.89. The van der Waals surface area contributed by atoms with Crippen molar-refractivity contribution in [2.75, 3.05) is 20.1 Å². The number of thiazole rings is 1. The highest BCUT2D eigenvalue weighted by Gasteiger charge is 2.20. The van der Waals surface area contributed by atoms with Crippen molar-refractivity contribution in [1.29, 1.82) is 0 Å². The smallest absolute Gasteiger partial charge is 0.273 e. The fourth-order valence-corrected chi connectivity index (χ4v) is 3.47. The first-order valence-corrected chi connectivity index (χ1v) is 7.98. The lowest BCUT2D eigenvalue weighted by Gasteiger charge is -2.26. The Kier molecular flexibility index (Phi) is 5.34. The van der Waals surface area contributed by atoms with E-state index in [2.05, 4.69) is 4.98 Å². The molecule has 0 radical (unpaired) electrons. The summed E-state index contributed by atoms with van der Waals surface area (Å²) < 4.78 is 0. The highest BCUT2D eigenvalue weighted by Crippen LogP contribution is 2.24. The second-order valence-corrected chi connectivity index (χ2v) is 6.30. The molecule has 1 aromatic rings. The molecule has 1 aliphatic carbocycles. The third kappa shape index (κ3) is 4.01. The summed E-state index contributed by atoms with van der Waals surface area (Å²) >= 11 is 1.53. The summed E-state index contributed by atoms with van der Waals surface area (Å²) in [6.45, 7) is 1.45. The monoisotopic (exact) mass is 281 g/mol. The minimum atomic E-state index is 0.0464.